The Hall–Kier alpha value is -1.31. The molecule has 0 N–H and O–H groups in total. The molecule has 0 aromatic heterocycles. The number of hydrogen-bond acceptors (Lipinski definition) is 2. The first-order chi connectivity index (χ1) is 8.54. The van der Waals surface area contributed by atoms with Gasteiger partial charge in [-0.25, -0.2) is 0 Å². The number of benzene rings is 1. The summed E-state index contributed by atoms with van der Waals surface area (Å²) >= 11 is 0. The minimum atomic E-state index is -0.438. The van der Waals surface area contributed by atoms with Crippen LogP contribution >= 0.6 is 0 Å². The molecule has 2 atom stereocenters. The van der Waals surface area contributed by atoms with E-state index in [-0.39, 0.29) is 5.97 Å². The first kappa shape index (κ1) is 14.7. The molecule has 0 saturated carbocycles. The van der Waals surface area contributed by atoms with Crippen molar-refractivity contribution in [2.75, 3.05) is 7.11 Å². The predicted molar refractivity (Wildman–Crippen MR) is 74.3 cm³/mol. The average molecular weight is 248 g/mol. The average Bonchev–Trinajstić information content (AvgIpc) is 2.39. The number of hydrogen-bond donors (Lipinski definition) is 0. The maximum absolute atomic E-state index is 12.1. The van der Waals surface area contributed by atoms with Crippen LogP contribution in [0.5, 0.6) is 0 Å². The zero-order chi connectivity index (χ0) is 13.6. The van der Waals surface area contributed by atoms with Crippen molar-refractivity contribution in [2.24, 2.45) is 11.3 Å². The topological polar surface area (TPSA) is 26.3 Å². The summed E-state index contributed by atoms with van der Waals surface area (Å²) < 4.78 is 5.02. The molecular weight excluding hydrogens is 224 g/mol. The van der Waals surface area contributed by atoms with Crippen LogP contribution in [0.2, 0.25) is 0 Å². The first-order valence-electron chi connectivity index (χ1n) is 6.67. The number of methoxy groups -OCH3 is 1. The molecule has 100 valence electrons. The molecule has 0 aliphatic rings. The Morgan fingerprint density at radius 1 is 1.33 bits per heavy atom. The van der Waals surface area contributed by atoms with E-state index in [2.05, 4.69) is 26.0 Å². The molecule has 0 aliphatic heterocycles. The van der Waals surface area contributed by atoms with Gasteiger partial charge in [-0.05, 0) is 31.2 Å². The van der Waals surface area contributed by atoms with Gasteiger partial charge in [0.2, 0.25) is 0 Å². The monoisotopic (exact) mass is 248 g/mol. The van der Waals surface area contributed by atoms with Crippen LogP contribution in [0.1, 0.15) is 39.2 Å². The lowest BCUT2D eigenvalue weighted by atomic mass is 9.72. The molecule has 2 heteroatoms. The van der Waals surface area contributed by atoms with Crippen LogP contribution in [0, 0.1) is 11.3 Å². The summed E-state index contributed by atoms with van der Waals surface area (Å²) in [6, 6.07) is 10.2. The highest BCUT2D eigenvalue weighted by Gasteiger charge is 2.39. The first-order valence-corrected chi connectivity index (χ1v) is 6.67. The number of carbonyl (C=O) groups excluding carboxylic acids is 1. The lowest BCUT2D eigenvalue weighted by molar-refractivity contribution is -0.155. The predicted octanol–water partition coefficient (Wildman–Crippen LogP) is 3.84. The minimum Gasteiger partial charge on any atom is -0.469 e. The summed E-state index contributed by atoms with van der Waals surface area (Å²) in [6.45, 7) is 6.31. The van der Waals surface area contributed by atoms with Gasteiger partial charge in [-0.2, -0.15) is 0 Å². The van der Waals surface area contributed by atoms with Crippen molar-refractivity contribution in [3.05, 3.63) is 35.9 Å². The van der Waals surface area contributed by atoms with Crippen molar-refractivity contribution in [2.45, 2.75) is 40.0 Å². The van der Waals surface area contributed by atoms with Crippen molar-refractivity contribution < 1.29 is 9.53 Å². The Bertz CT molecular complexity index is 372. The second-order valence-electron chi connectivity index (χ2n) is 5.26. The second-order valence-corrected chi connectivity index (χ2v) is 5.26. The fourth-order valence-corrected chi connectivity index (χ4v) is 2.45. The van der Waals surface area contributed by atoms with Gasteiger partial charge >= 0.3 is 5.97 Å². The number of carbonyl (C=O) groups is 1. The van der Waals surface area contributed by atoms with Crippen molar-refractivity contribution in [3.8, 4) is 0 Å². The molecule has 2 unspecified atom stereocenters. The zero-order valence-corrected chi connectivity index (χ0v) is 11.9. The van der Waals surface area contributed by atoms with Crippen molar-refractivity contribution >= 4 is 5.97 Å². The molecule has 0 fully saturated rings. The van der Waals surface area contributed by atoms with Crippen LogP contribution in [-0.4, -0.2) is 13.1 Å². The van der Waals surface area contributed by atoms with Crippen LogP contribution in [0.15, 0.2) is 30.3 Å². The maximum Gasteiger partial charge on any atom is 0.312 e. The highest BCUT2D eigenvalue weighted by molar-refractivity contribution is 5.77. The van der Waals surface area contributed by atoms with E-state index in [0.717, 1.165) is 19.3 Å². The van der Waals surface area contributed by atoms with Gasteiger partial charge in [0, 0.05) is 0 Å². The van der Waals surface area contributed by atoms with Gasteiger partial charge in [0.15, 0.2) is 0 Å². The molecule has 0 saturated heterocycles. The standard InChI is InChI=1S/C16H24O2/c1-5-9-13(2)16(3,15(17)18-4)12-14-10-7-6-8-11-14/h6-8,10-11,13H,5,9,12H2,1-4H3. The number of rotatable bonds is 6. The minimum absolute atomic E-state index is 0.104. The maximum atomic E-state index is 12.1. The summed E-state index contributed by atoms with van der Waals surface area (Å²) in [7, 11) is 1.48. The van der Waals surface area contributed by atoms with Gasteiger partial charge in [0.1, 0.15) is 0 Å². The highest BCUT2D eigenvalue weighted by atomic mass is 16.5. The van der Waals surface area contributed by atoms with E-state index >= 15 is 0 Å². The van der Waals surface area contributed by atoms with E-state index in [9.17, 15) is 4.79 Å². The third kappa shape index (κ3) is 3.34. The fraction of sp³-hybridized carbons (Fsp3) is 0.562. The molecule has 1 rings (SSSR count). The van der Waals surface area contributed by atoms with Gasteiger partial charge in [-0.3, -0.25) is 4.79 Å². The molecule has 0 aliphatic carbocycles. The van der Waals surface area contributed by atoms with Crippen molar-refractivity contribution in [1.29, 1.82) is 0 Å². The number of esters is 1. The van der Waals surface area contributed by atoms with Gasteiger partial charge in [-0.15, -0.1) is 0 Å². The van der Waals surface area contributed by atoms with Crippen LogP contribution in [0.3, 0.4) is 0 Å². The molecular formula is C16H24O2. The van der Waals surface area contributed by atoms with E-state index in [1.54, 1.807) is 0 Å². The summed E-state index contributed by atoms with van der Waals surface area (Å²) in [5, 5.41) is 0. The molecule has 1 aromatic rings. The summed E-state index contributed by atoms with van der Waals surface area (Å²) in [5.41, 5.74) is 0.750. The number of ether oxygens (including phenoxy) is 1. The molecule has 2 nitrogen and oxygen atoms in total. The van der Waals surface area contributed by atoms with Gasteiger partial charge in [0.05, 0.1) is 12.5 Å². The fourth-order valence-electron chi connectivity index (χ4n) is 2.45. The van der Waals surface area contributed by atoms with E-state index < -0.39 is 5.41 Å². The Balaban J connectivity index is 2.94. The van der Waals surface area contributed by atoms with Crippen LogP contribution < -0.4 is 0 Å². The Morgan fingerprint density at radius 3 is 2.44 bits per heavy atom. The van der Waals surface area contributed by atoms with E-state index in [1.165, 1.54) is 12.7 Å². The molecule has 18 heavy (non-hydrogen) atoms. The molecule has 0 heterocycles. The smallest absolute Gasteiger partial charge is 0.312 e. The zero-order valence-electron chi connectivity index (χ0n) is 11.9. The van der Waals surface area contributed by atoms with Crippen LogP contribution in [0.25, 0.3) is 0 Å². The normalized spacial score (nSPS) is 15.8. The third-order valence-corrected chi connectivity index (χ3v) is 3.88. The molecule has 0 spiro atoms. The lowest BCUT2D eigenvalue weighted by Crippen LogP contribution is -2.37. The Labute approximate surface area is 110 Å². The highest BCUT2D eigenvalue weighted by Crippen LogP contribution is 2.35. The van der Waals surface area contributed by atoms with E-state index in [0.29, 0.717) is 5.92 Å². The van der Waals surface area contributed by atoms with E-state index in [4.69, 9.17) is 4.74 Å². The quantitative estimate of drug-likeness (QED) is 0.715. The Morgan fingerprint density at radius 2 is 1.94 bits per heavy atom. The van der Waals surface area contributed by atoms with Crippen molar-refractivity contribution in [1.82, 2.24) is 0 Å². The summed E-state index contributed by atoms with van der Waals surface area (Å²) in [4.78, 5) is 12.1. The SMILES string of the molecule is CCCC(C)C(C)(Cc1ccccc1)C(=O)OC. The molecule has 0 radical (unpaired) electrons. The molecule has 0 amide bonds. The van der Waals surface area contributed by atoms with Gasteiger partial charge in [-0.1, -0.05) is 50.6 Å². The van der Waals surface area contributed by atoms with Gasteiger partial charge < -0.3 is 4.74 Å². The summed E-state index contributed by atoms with van der Waals surface area (Å²) in [5.74, 6) is 0.211. The second kappa shape index (κ2) is 6.58. The van der Waals surface area contributed by atoms with E-state index in [1.807, 2.05) is 25.1 Å². The van der Waals surface area contributed by atoms with Gasteiger partial charge in [0.25, 0.3) is 0 Å². The summed E-state index contributed by atoms with van der Waals surface area (Å²) in [6.07, 6.45) is 2.86. The molecule has 1 aromatic carbocycles. The lowest BCUT2D eigenvalue weighted by Gasteiger charge is -2.33. The third-order valence-electron chi connectivity index (χ3n) is 3.88. The van der Waals surface area contributed by atoms with Crippen LogP contribution in [0.4, 0.5) is 0 Å². The Kier molecular flexibility index (Phi) is 5.39. The molecule has 0 bridgehead atoms. The van der Waals surface area contributed by atoms with Crippen LogP contribution in [-0.2, 0) is 16.0 Å². The van der Waals surface area contributed by atoms with Crippen molar-refractivity contribution in [3.63, 3.8) is 0 Å². The largest absolute Gasteiger partial charge is 0.469 e.